The number of nitrogens with two attached hydrogens (primary N) is 1. The molecule has 1 heterocycles. The van der Waals surface area contributed by atoms with E-state index in [1.165, 1.54) is 0 Å². The van der Waals surface area contributed by atoms with Crippen molar-refractivity contribution in [2.24, 2.45) is 5.73 Å². The molecule has 1 aromatic heterocycles. The topological polar surface area (TPSA) is 92.0 Å². The summed E-state index contributed by atoms with van der Waals surface area (Å²) in [5.74, 6) is 0.457. The molecule has 0 unspecified atom stereocenters. The van der Waals surface area contributed by atoms with E-state index in [0.29, 0.717) is 11.4 Å². The van der Waals surface area contributed by atoms with Crippen LogP contribution in [-0.4, -0.2) is 16.9 Å². The van der Waals surface area contributed by atoms with Gasteiger partial charge in [-0.25, -0.2) is 0 Å². The molecule has 0 aliphatic rings. The molecule has 2 rings (SSSR count). The zero-order chi connectivity index (χ0) is 14.7. The zero-order valence-electron chi connectivity index (χ0n) is 11.4. The van der Waals surface area contributed by atoms with Crippen LogP contribution in [0.2, 0.25) is 0 Å². The van der Waals surface area contributed by atoms with Gasteiger partial charge in [-0.3, -0.25) is 10.2 Å². The Balaban J connectivity index is 2.49. The number of hydrogen-bond donors (Lipinski definition) is 3. The van der Waals surface area contributed by atoms with Crippen molar-refractivity contribution in [2.75, 3.05) is 0 Å². The number of aromatic amines is 1. The van der Waals surface area contributed by atoms with Crippen LogP contribution in [0.5, 0.6) is 5.75 Å². The van der Waals surface area contributed by atoms with Gasteiger partial charge in [-0.1, -0.05) is 12.1 Å². The first kappa shape index (κ1) is 13.9. The molecule has 0 spiro atoms. The molecule has 0 bridgehead atoms. The number of nitrogens with one attached hydrogen (secondary N) is 2. The number of rotatable bonds is 4. The van der Waals surface area contributed by atoms with Gasteiger partial charge >= 0.3 is 0 Å². The monoisotopic (exact) mass is 271 g/mol. The molecule has 5 nitrogen and oxygen atoms in total. The molecule has 0 aliphatic carbocycles. The van der Waals surface area contributed by atoms with Crippen LogP contribution >= 0.6 is 0 Å². The number of hydrogen-bond acceptors (Lipinski definition) is 3. The number of nitrogen functional groups attached to an aromatic ring is 1. The van der Waals surface area contributed by atoms with Gasteiger partial charge in [-0.05, 0) is 38.1 Å². The van der Waals surface area contributed by atoms with Gasteiger partial charge in [0.2, 0.25) is 0 Å². The molecule has 5 heteroatoms. The zero-order valence-corrected chi connectivity index (χ0v) is 11.4. The van der Waals surface area contributed by atoms with Gasteiger partial charge in [0.1, 0.15) is 11.6 Å². The van der Waals surface area contributed by atoms with E-state index in [-0.39, 0.29) is 23.1 Å². The van der Waals surface area contributed by atoms with Gasteiger partial charge in [-0.15, -0.1) is 0 Å². The molecular formula is C15H17N3O2. The van der Waals surface area contributed by atoms with E-state index in [1.54, 1.807) is 12.1 Å². The number of para-hydroxylation sites is 1. The maximum absolute atomic E-state index is 11.9. The largest absolute Gasteiger partial charge is 0.490 e. The molecule has 4 N–H and O–H groups in total. The van der Waals surface area contributed by atoms with Gasteiger partial charge in [-0.2, -0.15) is 0 Å². The summed E-state index contributed by atoms with van der Waals surface area (Å²) in [7, 11) is 0. The lowest BCUT2D eigenvalue weighted by atomic mass is 10.1. The summed E-state index contributed by atoms with van der Waals surface area (Å²) in [5.41, 5.74) is 6.56. The van der Waals surface area contributed by atoms with Gasteiger partial charge in [0, 0.05) is 5.56 Å². The smallest absolute Gasteiger partial charge is 0.259 e. The average Bonchev–Trinajstić information content (AvgIpc) is 2.38. The summed E-state index contributed by atoms with van der Waals surface area (Å²) < 4.78 is 5.73. The van der Waals surface area contributed by atoms with Crippen molar-refractivity contribution < 1.29 is 4.74 Å². The third kappa shape index (κ3) is 2.88. The van der Waals surface area contributed by atoms with E-state index in [4.69, 9.17) is 15.9 Å². The SMILES string of the molecule is CC(C)Oc1ccccc1-c1ccc(C(=N)N)c(=O)[nH]1. The molecule has 0 atom stereocenters. The van der Waals surface area contributed by atoms with Crippen LogP contribution < -0.4 is 16.0 Å². The van der Waals surface area contributed by atoms with Gasteiger partial charge in [0.15, 0.2) is 0 Å². The third-order valence-corrected chi connectivity index (χ3v) is 2.74. The van der Waals surface area contributed by atoms with E-state index in [0.717, 1.165) is 5.56 Å². The lowest BCUT2D eigenvalue weighted by Gasteiger charge is -2.14. The second kappa shape index (κ2) is 5.61. The Morgan fingerprint density at radius 3 is 2.55 bits per heavy atom. The molecule has 0 fully saturated rings. The third-order valence-electron chi connectivity index (χ3n) is 2.74. The van der Waals surface area contributed by atoms with Gasteiger partial charge < -0.3 is 15.5 Å². The number of H-pyrrole nitrogens is 1. The summed E-state index contributed by atoms with van der Waals surface area (Å²) in [6.45, 7) is 3.89. The van der Waals surface area contributed by atoms with Crippen molar-refractivity contribution >= 4 is 5.84 Å². The van der Waals surface area contributed by atoms with E-state index in [1.807, 2.05) is 38.1 Å². The van der Waals surface area contributed by atoms with Crippen molar-refractivity contribution in [3.63, 3.8) is 0 Å². The fourth-order valence-corrected chi connectivity index (χ4v) is 1.89. The molecule has 2 aromatic rings. The number of aromatic nitrogens is 1. The van der Waals surface area contributed by atoms with Crippen molar-refractivity contribution in [3.8, 4) is 17.0 Å². The Bertz CT molecular complexity index is 690. The first-order valence-electron chi connectivity index (χ1n) is 6.33. The summed E-state index contributed by atoms with van der Waals surface area (Å²) in [6.07, 6.45) is 0.0411. The van der Waals surface area contributed by atoms with E-state index < -0.39 is 0 Å². The standard InChI is InChI=1S/C15H17N3O2/c1-9(2)20-13-6-4-3-5-10(13)12-8-7-11(14(16)17)15(19)18-12/h3-9H,1-2H3,(H3,16,17)(H,18,19). The van der Waals surface area contributed by atoms with Crippen LogP contribution in [0.1, 0.15) is 19.4 Å². The van der Waals surface area contributed by atoms with Crippen LogP contribution in [0, 0.1) is 5.41 Å². The van der Waals surface area contributed by atoms with Crippen LogP contribution in [-0.2, 0) is 0 Å². The molecule has 0 aliphatic heterocycles. The van der Waals surface area contributed by atoms with Crippen LogP contribution in [0.3, 0.4) is 0 Å². The summed E-state index contributed by atoms with van der Waals surface area (Å²) in [5, 5.41) is 7.32. The minimum atomic E-state index is -0.380. The van der Waals surface area contributed by atoms with Crippen LogP contribution in [0.4, 0.5) is 0 Å². The highest BCUT2D eigenvalue weighted by Gasteiger charge is 2.10. The summed E-state index contributed by atoms with van der Waals surface area (Å²) in [6, 6.07) is 10.7. The first-order chi connectivity index (χ1) is 9.49. The second-order valence-electron chi connectivity index (χ2n) is 4.69. The van der Waals surface area contributed by atoms with Gasteiger partial charge in [0.05, 0.1) is 17.4 Å². The molecule has 0 saturated heterocycles. The number of benzene rings is 1. The molecule has 0 saturated carbocycles. The molecule has 104 valence electrons. The fourth-order valence-electron chi connectivity index (χ4n) is 1.89. The number of amidine groups is 1. The van der Waals surface area contributed by atoms with Crippen LogP contribution in [0.25, 0.3) is 11.3 Å². The van der Waals surface area contributed by atoms with Crippen molar-refractivity contribution in [1.82, 2.24) is 4.98 Å². The Kier molecular flexibility index (Phi) is 3.89. The molecule has 0 amide bonds. The van der Waals surface area contributed by atoms with E-state index in [2.05, 4.69) is 4.98 Å². The van der Waals surface area contributed by atoms with Crippen LogP contribution in [0.15, 0.2) is 41.2 Å². The molecular weight excluding hydrogens is 254 g/mol. The maximum atomic E-state index is 11.9. The summed E-state index contributed by atoms with van der Waals surface area (Å²) in [4.78, 5) is 14.6. The Labute approximate surface area is 116 Å². The fraction of sp³-hybridized carbons (Fsp3) is 0.200. The Morgan fingerprint density at radius 2 is 1.95 bits per heavy atom. The predicted molar refractivity (Wildman–Crippen MR) is 79.3 cm³/mol. The Hall–Kier alpha value is -2.56. The highest BCUT2D eigenvalue weighted by molar-refractivity contribution is 5.94. The maximum Gasteiger partial charge on any atom is 0.259 e. The highest BCUT2D eigenvalue weighted by atomic mass is 16.5. The Morgan fingerprint density at radius 1 is 1.25 bits per heavy atom. The van der Waals surface area contributed by atoms with E-state index in [9.17, 15) is 4.79 Å². The average molecular weight is 271 g/mol. The number of pyridine rings is 1. The van der Waals surface area contributed by atoms with Crippen molar-refractivity contribution in [3.05, 3.63) is 52.3 Å². The lowest BCUT2D eigenvalue weighted by Crippen LogP contribution is -2.23. The molecule has 1 aromatic carbocycles. The highest BCUT2D eigenvalue weighted by Crippen LogP contribution is 2.28. The quantitative estimate of drug-likeness (QED) is 0.587. The minimum Gasteiger partial charge on any atom is -0.490 e. The second-order valence-corrected chi connectivity index (χ2v) is 4.69. The number of ether oxygens (including phenoxy) is 1. The molecule has 20 heavy (non-hydrogen) atoms. The van der Waals surface area contributed by atoms with E-state index >= 15 is 0 Å². The lowest BCUT2D eigenvalue weighted by molar-refractivity contribution is 0.243. The molecule has 0 radical (unpaired) electrons. The predicted octanol–water partition coefficient (Wildman–Crippen LogP) is 2.11. The normalized spacial score (nSPS) is 10.6. The van der Waals surface area contributed by atoms with Crippen molar-refractivity contribution in [1.29, 1.82) is 5.41 Å². The minimum absolute atomic E-state index is 0.0411. The van der Waals surface area contributed by atoms with Gasteiger partial charge in [0.25, 0.3) is 5.56 Å². The summed E-state index contributed by atoms with van der Waals surface area (Å²) >= 11 is 0. The van der Waals surface area contributed by atoms with Crippen molar-refractivity contribution in [2.45, 2.75) is 20.0 Å². The first-order valence-corrected chi connectivity index (χ1v) is 6.33.